The standard InChI is InChI=1S/C31H30BrN7O3/c1-42-17-27-25(32)15-24(31(41)38(27)22-5-3-2-4-6-22)30(40)37-21-9-7-19(8-10-21)23-16-26(20-11-13-34-14-12-20)39-28(23)29(33)35-18-36-39/h2-10,15-16,18,20,34H,11-14,17H2,1H3,(H,37,40)(H2,33,35,36). The van der Waals surface area contributed by atoms with Gasteiger partial charge in [0.15, 0.2) is 5.82 Å². The molecule has 10 nitrogen and oxygen atoms in total. The van der Waals surface area contributed by atoms with E-state index in [1.54, 1.807) is 7.11 Å². The van der Waals surface area contributed by atoms with Gasteiger partial charge >= 0.3 is 0 Å². The number of halogens is 1. The molecule has 0 atom stereocenters. The minimum absolute atomic E-state index is 0.00428. The third-order valence-corrected chi connectivity index (χ3v) is 8.30. The molecule has 1 aliphatic rings. The van der Waals surface area contributed by atoms with Crippen LogP contribution in [-0.4, -0.2) is 45.3 Å². The van der Waals surface area contributed by atoms with Gasteiger partial charge < -0.3 is 21.1 Å². The fraction of sp³-hybridized carbons (Fsp3) is 0.226. The van der Waals surface area contributed by atoms with E-state index in [2.05, 4.69) is 42.7 Å². The third kappa shape index (κ3) is 5.22. The predicted molar refractivity (Wildman–Crippen MR) is 166 cm³/mol. The molecule has 42 heavy (non-hydrogen) atoms. The number of carbonyl (C=O) groups is 1. The summed E-state index contributed by atoms with van der Waals surface area (Å²) in [5.74, 6) is 0.270. The Morgan fingerprint density at radius 2 is 1.86 bits per heavy atom. The van der Waals surface area contributed by atoms with Gasteiger partial charge in [-0.25, -0.2) is 9.50 Å². The van der Waals surface area contributed by atoms with Crippen LogP contribution in [0, 0.1) is 0 Å². The maximum atomic E-state index is 13.6. The van der Waals surface area contributed by atoms with Crippen molar-refractivity contribution in [2.75, 3.05) is 31.2 Å². The number of nitrogens with one attached hydrogen (secondary N) is 2. The van der Waals surface area contributed by atoms with Crippen LogP contribution in [0.3, 0.4) is 0 Å². The Kier molecular flexibility index (Phi) is 7.88. The van der Waals surface area contributed by atoms with Crippen molar-refractivity contribution in [2.24, 2.45) is 0 Å². The number of nitrogens with zero attached hydrogens (tertiary/aromatic N) is 4. The Morgan fingerprint density at radius 1 is 1.12 bits per heavy atom. The van der Waals surface area contributed by atoms with Crippen molar-refractivity contribution >= 4 is 38.9 Å². The van der Waals surface area contributed by atoms with Crippen molar-refractivity contribution in [1.82, 2.24) is 24.5 Å². The van der Waals surface area contributed by atoms with E-state index in [-0.39, 0.29) is 12.2 Å². The van der Waals surface area contributed by atoms with Gasteiger partial charge in [0.25, 0.3) is 11.5 Å². The first-order valence-corrected chi connectivity index (χ1v) is 14.5. The Bertz CT molecular complexity index is 1810. The second kappa shape index (κ2) is 11.9. The van der Waals surface area contributed by atoms with E-state index in [9.17, 15) is 9.59 Å². The number of carbonyl (C=O) groups excluding carboxylic acids is 1. The van der Waals surface area contributed by atoms with Crippen molar-refractivity contribution in [3.05, 3.63) is 105 Å². The number of para-hydroxylation sites is 1. The molecule has 1 amide bonds. The van der Waals surface area contributed by atoms with Crippen LogP contribution in [0.15, 0.2) is 82.3 Å². The minimum atomic E-state index is -0.512. The number of hydrogen-bond donors (Lipinski definition) is 3. The maximum Gasteiger partial charge on any atom is 0.268 e. The molecular formula is C31H30BrN7O3. The first-order valence-electron chi connectivity index (χ1n) is 13.7. The molecule has 0 spiro atoms. The third-order valence-electron chi connectivity index (χ3n) is 7.61. The van der Waals surface area contributed by atoms with Gasteiger partial charge in [-0.05, 0) is 83.8 Å². The number of fused-ring (bicyclic) bond motifs is 1. The number of pyridine rings is 1. The molecule has 5 aromatic rings. The summed E-state index contributed by atoms with van der Waals surface area (Å²) in [6, 6.07) is 20.3. The van der Waals surface area contributed by atoms with Crippen LogP contribution in [0.25, 0.3) is 22.3 Å². The number of benzene rings is 2. The molecule has 0 bridgehead atoms. The van der Waals surface area contributed by atoms with Crippen LogP contribution in [-0.2, 0) is 11.3 Å². The van der Waals surface area contributed by atoms with Crippen LogP contribution in [0.2, 0.25) is 0 Å². The molecule has 1 saturated heterocycles. The normalized spacial score (nSPS) is 13.9. The minimum Gasteiger partial charge on any atom is -0.382 e. The predicted octanol–water partition coefficient (Wildman–Crippen LogP) is 4.76. The van der Waals surface area contributed by atoms with Crippen LogP contribution in [0.1, 0.15) is 40.5 Å². The zero-order valence-electron chi connectivity index (χ0n) is 23.0. The number of piperidine rings is 1. The molecule has 4 heterocycles. The first kappa shape index (κ1) is 27.8. The molecule has 11 heteroatoms. The molecule has 0 radical (unpaired) electrons. The second-order valence-corrected chi connectivity index (χ2v) is 11.1. The van der Waals surface area contributed by atoms with Crippen LogP contribution in [0.5, 0.6) is 0 Å². The van der Waals surface area contributed by atoms with E-state index in [4.69, 9.17) is 10.5 Å². The van der Waals surface area contributed by atoms with Gasteiger partial charge in [0.05, 0.1) is 12.3 Å². The Labute approximate surface area is 250 Å². The molecule has 2 aromatic carbocycles. The lowest BCUT2D eigenvalue weighted by Crippen LogP contribution is -2.30. The quantitative estimate of drug-likeness (QED) is 0.237. The molecule has 0 aliphatic carbocycles. The second-order valence-electron chi connectivity index (χ2n) is 10.2. The number of nitrogen functional groups attached to an aromatic ring is 1. The fourth-order valence-electron chi connectivity index (χ4n) is 5.56. The Balaban J connectivity index is 1.31. The van der Waals surface area contributed by atoms with Crippen molar-refractivity contribution < 1.29 is 9.53 Å². The molecule has 6 rings (SSSR count). The van der Waals surface area contributed by atoms with Gasteiger partial charge in [0.1, 0.15) is 17.4 Å². The van der Waals surface area contributed by atoms with Crippen LogP contribution >= 0.6 is 15.9 Å². The van der Waals surface area contributed by atoms with Crippen LogP contribution < -0.4 is 21.9 Å². The summed E-state index contributed by atoms with van der Waals surface area (Å²) in [6.45, 7) is 2.12. The van der Waals surface area contributed by atoms with E-state index in [1.165, 1.54) is 17.0 Å². The lowest BCUT2D eigenvalue weighted by Gasteiger charge is -2.22. The van der Waals surface area contributed by atoms with Crippen molar-refractivity contribution in [1.29, 1.82) is 0 Å². The van der Waals surface area contributed by atoms with Gasteiger partial charge in [-0.15, -0.1) is 0 Å². The highest BCUT2D eigenvalue weighted by molar-refractivity contribution is 9.10. The van der Waals surface area contributed by atoms with Gasteiger partial charge in [0, 0.05) is 40.1 Å². The molecule has 3 aromatic heterocycles. The molecule has 0 saturated carbocycles. The highest BCUT2D eigenvalue weighted by Crippen LogP contribution is 2.36. The topological polar surface area (TPSA) is 129 Å². The summed E-state index contributed by atoms with van der Waals surface area (Å²) in [6.07, 6.45) is 3.53. The highest BCUT2D eigenvalue weighted by Gasteiger charge is 2.24. The number of amides is 1. The van der Waals surface area contributed by atoms with Gasteiger partial charge in [-0.3, -0.25) is 14.2 Å². The van der Waals surface area contributed by atoms with Crippen molar-refractivity contribution in [3.63, 3.8) is 0 Å². The summed E-state index contributed by atoms with van der Waals surface area (Å²) in [5, 5.41) is 10.8. The van der Waals surface area contributed by atoms with E-state index >= 15 is 0 Å². The van der Waals surface area contributed by atoms with E-state index in [0.29, 0.717) is 33.3 Å². The number of methoxy groups -OCH3 is 1. The Morgan fingerprint density at radius 3 is 2.57 bits per heavy atom. The zero-order valence-corrected chi connectivity index (χ0v) is 24.6. The van der Waals surface area contributed by atoms with E-state index in [0.717, 1.165) is 48.3 Å². The molecule has 1 aliphatic heterocycles. The first-order chi connectivity index (χ1) is 20.5. The SMILES string of the molecule is COCc1c(Br)cc(C(=O)Nc2ccc(-c3cc(C4CCNCC4)n4ncnc(N)c34)cc2)c(=O)n1-c1ccccc1. The van der Waals surface area contributed by atoms with Gasteiger partial charge in [-0.1, -0.05) is 30.3 Å². The monoisotopic (exact) mass is 627 g/mol. The summed E-state index contributed by atoms with van der Waals surface area (Å²) in [4.78, 5) is 31.2. The number of nitrogens with two attached hydrogens (primary N) is 1. The highest BCUT2D eigenvalue weighted by atomic mass is 79.9. The van der Waals surface area contributed by atoms with Gasteiger partial charge in [-0.2, -0.15) is 5.10 Å². The van der Waals surface area contributed by atoms with Crippen LogP contribution in [0.4, 0.5) is 11.5 Å². The largest absolute Gasteiger partial charge is 0.382 e. The smallest absolute Gasteiger partial charge is 0.268 e. The van der Waals surface area contributed by atoms with E-state index in [1.807, 2.05) is 59.1 Å². The van der Waals surface area contributed by atoms with Crippen molar-refractivity contribution in [2.45, 2.75) is 25.4 Å². The number of rotatable bonds is 7. The summed E-state index contributed by atoms with van der Waals surface area (Å²) in [5.41, 5.74) is 11.4. The Hall–Kier alpha value is -4.32. The van der Waals surface area contributed by atoms with Crippen molar-refractivity contribution in [3.8, 4) is 16.8 Å². The van der Waals surface area contributed by atoms with Gasteiger partial charge in [0.2, 0.25) is 0 Å². The number of anilines is 2. The average molecular weight is 629 g/mol. The molecular weight excluding hydrogens is 598 g/mol. The average Bonchev–Trinajstić information content (AvgIpc) is 3.41. The molecule has 0 unspecified atom stereocenters. The molecule has 1 fully saturated rings. The number of hydrogen-bond acceptors (Lipinski definition) is 7. The van der Waals surface area contributed by atoms with E-state index < -0.39 is 11.5 Å². The lowest BCUT2D eigenvalue weighted by molar-refractivity contribution is 0.102. The summed E-state index contributed by atoms with van der Waals surface area (Å²) >= 11 is 3.53. The zero-order chi connectivity index (χ0) is 29.2. The number of aromatic nitrogens is 4. The maximum absolute atomic E-state index is 13.6. The summed E-state index contributed by atoms with van der Waals surface area (Å²) in [7, 11) is 1.56. The molecule has 4 N–H and O–H groups in total. The number of ether oxygens (including phenoxy) is 1. The molecule has 214 valence electrons. The summed E-state index contributed by atoms with van der Waals surface area (Å²) < 4.78 is 9.33. The lowest BCUT2D eigenvalue weighted by atomic mass is 9.94. The fourth-order valence-corrected chi connectivity index (χ4v) is 6.08.